The van der Waals surface area contributed by atoms with E-state index in [0.29, 0.717) is 30.6 Å². The topological polar surface area (TPSA) is 68.3 Å². The van der Waals surface area contributed by atoms with Gasteiger partial charge in [-0.2, -0.15) is 0 Å². The Balaban J connectivity index is 1.61. The molecule has 1 atom stereocenters. The summed E-state index contributed by atoms with van der Waals surface area (Å²) in [6.45, 7) is 2.17. The third kappa shape index (κ3) is 3.99. The number of rotatable bonds is 5. The lowest BCUT2D eigenvalue weighted by Gasteiger charge is -2.34. The molecule has 2 aliphatic rings. The highest BCUT2D eigenvalue weighted by molar-refractivity contribution is 6.03. The first-order valence-corrected chi connectivity index (χ1v) is 10.00. The van der Waals surface area contributed by atoms with Crippen LogP contribution in [0.5, 0.6) is 0 Å². The van der Waals surface area contributed by atoms with Gasteiger partial charge in [0.1, 0.15) is 0 Å². The van der Waals surface area contributed by atoms with Crippen molar-refractivity contribution < 1.29 is 14.3 Å². The molecular formula is C24H24N2O3. The Labute approximate surface area is 170 Å². The van der Waals surface area contributed by atoms with E-state index in [2.05, 4.69) is 10.3 Å². The number of esters is 1. The standard InChI is InChI=1S/C24H24N2O3/c1-16-21(24(28)29-15-12-17-6-3-2-4-7-17)22(18-10-13-25-14-11-18)23-19(26-16)8-5-9-20(23)27/h2-4,6-7,10-11,13-14,22,26H,5,8-9,12,15H2,1H3/t22-/m0/s1. The van der Waals surface area contributed by atoms with Crippen LogP contribution in [0.25, 0.3) is 0 Å². The number of ether oxygens (including phenoxy) is 1. The number of hydrogen-bond donors (Lipinski definition) is 1. The molecule has 0 radical (unpaired) electrons. The van der Waals surface area contributed by atoms with E-state index in [1.165, 1.54) is 0 Å². The Hall–Kier alpha value is -3.21. The molecule has 5 nitrogen and oxygen atoms in total. The van der Waals surface area contributed by atoms with Gasteiger partial charge < -0.3 is 10.1 Å². The quantitative estimate of drug-likeness (QED) is 0.789. The molecule has 1 aliphatic carbocycles. The van der Waals surface area contributed by atoms with E-state index >= 15 is 0 Å². The van der Waals surface area contributed by atoms with Gasteiger partial charge in [-0.25, -0.2) is 4.79 Å². The van der Waals surface area contributed by atoms with Crippen LogP contribution in [0.15, 0.2) is 77.4 Å². The molecule has 0 saturated heterocycles. The Morgan fingerprint density at radius 1 is 1.14 bits per heavy atom. The van der Waals surface area contributed by atoms with E-state index < -0.39 is 5.92 Å². The molecule has 0 amide bonds. The Kier molecular flexibility index (Phi) is 5.56. The van der Waals surface area contributed by atoms with Crippen LogP contribution >= 0.6 is 0 Å². The summed E-state index contributed by atoms with van der Waals surface area (Å²) in [7, 11) is 0. The number of allylic oxidation sites excluding steroid dienone is 3. The van der Waals surface area contributed by atoms with Gasteiger partial charge in [0.05, 0.1) is 12.2 Å². The van der Waals surface area contributed by atoms with E-state index in [9.17, 15) is 9.59 Å². The minimum Gasteiger partial charge on any atom is -0.462 e. The van der Waals surface area contributed by atoms with Gasteiger partial charge >= 0.3 is 5.97 Å². The molecule has 148 valence electrons. The Morgan fingerprint density at radius 3 is 2.66 bits per heavy atom. The SMILES string of the molecule is CC1=C(C(=O)OCCc2ccccc2)[C@H](c2ccncc2)C2=C(CCCC2=O)N1. The molecule has 1 aromatic carbocycles. The van der Waals surface area contributed by atoms with Crippen molar-refractivity contribution in [3.8, 4) is 0 Å². The number of ketones is 1. The first kappa shape index (κ1) is 19.1. The average Bonchev–Trinajstić information content (AvgIpc) is 2.74. The van der Waals surface area contributed by atoms with Gasteiger partial charge in [-0.3, -0.25) is 9.78 Å². The molecule has 1 aromatic heterocycles. The number of carbonyl (C=O) groups excluding carboxylic acids is 2. The van der Waals surface area contributed by atoms with Crippen LogP contribution in [0.3, 0.4) is 0 Å². The Morgan fingerprint density at radius 2 is 1.90 bits per heavy atom. The van der Waals surface area contributed by atoms with Gasteiger partial charge in [-0.05, 0) is 43.0 Å². The molecule has 0 spiro atoms. The molecule has 0 fully saturated rings. The second kappa shape index (κ2) is 8.43. The molecule has 29 heavy (non-hydrogen) atoms. The molecule has 0 unspecified atom stereocenters. The monoisotopic (exact) mass is 388 g/mol. The molecule has 0 bridgehead atoms. The maximum absolute atomic E-state index is 13.1. The fourth-order valence-corrected chi connectivity index (χ4v) is 4.13. The van der Waals surface area contributed by atoms with E-state index in [-0.39, 0.29) is 11.8 Å². The van der Waals surface area contributed by atoms with Crippen molar-refractivity contribution >= 4 is 11.8 Å². The summed E-state index contributed by atoms with van der Waals surface area (Å²) in [6, 6.07) is 13.7. The molecule has 4 rings (SSSR count). The van der Waals surface area contributed by atoms with Gasteiger partial charge in [0.15, 0.2) is 5.78 Å². The smallest absolute Gasteiger partial charge is 0.336 e. The largest absolute Gasteiger partial charge is 0.462 e. The van der Waals surface area contributed by atoms with Crippen LogP contribution in [0.4, 0.5) is 0 Å². The zero-order chi connectivity index (χ0) is 20.2. The number of nitrogens with zero attached hydrogens (tertiary/aromatic N) is 1. The third-order valence-corrected chi connectivity index (χ3v) is 5.50. The second-order valence-electron chi connectivity index (χ2n) is 7.42. The van der Waals surface area contributed by atoms with Crippen molar-refractivity contribution in [2.24, 2.45) is 0 Å². The minimum absolute atomic E-state index is 0.0997. The lowest BCUT2D eigenvalue weighted by molar-refractivity contribution is -0.139. The summed E-state index contributed by atoms with van der Waals surface area (Å²) in [6.07, 6.45) is 6.20. The summed E-state index contributed by atoms with van der Waals surface area (Å²) < 4.78 is 5.64. The van der Waals surface area contributed by atoms with Crippen molar-refractivity contribution in [3.63, 3.8) is 0 Å². The van der Waals surface area contributed by atoms with E-state index in [0.717, 1.165) is 35.4 Å². The van der Waals surface area contributed by atoms with E-state index in [1.807, 2.05) is 49.4 Å². The van der Waals surface area contributed by atoms with Crippen molar-refractivity contribution in [1.29, 1.82) is 0 Å². The summed E-state index contributed by atoms with van der Waals surface area (Å²) in [5.41, 5.74) is 4.90. The van der Waals surface area contributed by atoms with Gasteiger partial charge in [-0.1, -0.05) is 30.3 Å². The maximum atomic E-state index is 13.1. The van der Waals surface area contributed by atoms with Gasteiger partial charge in [-0.15, -0.1) is 0 Å². The number of dihydropyridines is 1. The number of Topliss-reactive ketones (excluding diaryl/α,β-unsaturated/α-hetero) is 1. The maximum Gasteiger partial charge on any atom is 0.336 e. The van der Waals surface area contributed by atoms with Crippen molar-refractivity contribution in [2.75, 3.05) is 6.61 Å². The van der Waals surface area contributed by atoms with Gasteiger partial charge in [0.2, 0.25) is 0 Å². The predicted octanol–water partition coefficient (Wildman–Crippen LogP) is 3.84. The fourth-order valence-electron chi connectivity index (χ4n) is 4.13. The molecule has 2 aromatic rings. The number of benzene rings is 1. The number of nitrogens with one attached hydrogen (secondary N) is 1. The van der Waals surface area contributed by atoms with Gasteiger partial charge in [0.25, 0.3) is 0 Å². The van der Waals surface area contributed by atoms with E-state index in [4.69, 9.17) is 4.74 Å². The molecule has 2 heterocycles. The number of aromatic nitrogens is 1. The fraction of sp³-hybridized carbons (Fsp3) is 0.292. The normalized spacial score (nSPS) is 18.9. The lowest BCUT2D eigenvalue weighted by atomic mass is 9.75. The summed E-state index contributed by atoms with van der Waals surface area (Å²) >= 11 is 0. The second-order valence-corrected chi connectivity index (χ2v) is 7.42. The van der Waals surface area contributed by atoms with Crippen molar-refractivity contribution in [2.45, 2.75) is 38.5 Å². The third-order valence-electron chi connectivity index (χ3n) is 5.50. The highest BCUT2D eigenvalue weighted by Crippen LogP contribution is 2.42. The number of pyridine rings is 1. The average molecular weight is 388 g/mol. The molecular weight excluding hydrogens is 364 g/mol. The van der Waals surface area contributed by atoms with Crippen molar-refractivity contribution in [3.05, 3.63) is 88.5 Å². The molecule has 1 aliphatic heterocycles. The van der Waals surface area contributed by atoms with Crippen LogP contribution < -0.4 is 5.32 Å². The number of hydrogen-bond acceptors (Lipinski definition) is 5. The highest BCUT2D eigenvalue weighted by Gasteiger charge is 2.39. The van der Waals surface area contributed by atoms with E-state index in [1.54, 1.807) is 12.4 Å². The predicted molar refractivity (Wildman–Crippen MR) is 110 cm³/mol. The molecule has 1 N–H and O–H groups in total. The first-order chi connectivity index (χ1) is 14.1. The summed E-state index contributed by atoms with van der Waals surface area (Å²) in [5.74, 6) is -0.688. The summed E-state index contributed by atoms with van der Waals surface area (Å²) in [5, 5.41) is 3.31. The minimum atomic E-state index is -0.411. The molecule has 5 heteroatoms. The Bertz CT molecular complexity index is 978. The van der Waals surface area contributed by atoms with Crippen LogP contribution in [0, 0.1) is 0 Å². The van der Waals surface area contributed by atoms with Crippen molar-refractivity contribution in [1.82, 2.24) is 10.3 Å². The zero-order valence-corrected chi connectivity index (χ0v) is 16.5. The van der Waals surface area contributed by atoms with Crippen LogP contribution in [0.1, 0.15) is 43.2 Å². The van der Waals surface area contributed by atoms with Crippen LogP contribution in [-0.4, -0.2) is 23.3 Å². The van der Waals surface area contributed by atoms with Gasteiger partial charge in [0, 0.05) is 48.1 Å². The highest BCUT2D eigenvalue weighted by atomic mass is 16.5. The zero-order valence-electron chi connectivity index (χ0n) is 16.5. The first-order valence-electron chi connectivity index (χ1n) is 10.00. The summed E-state index contributed by atoms with van der Waals surface area (Å²) in [4.78, 5) is 30.0. The lowest BCUT2D eigenvalue weighted by Crippen LogP contribution is -2.34. The number of carbonyl (C=O) groups is 2. The van der Waals surface area contributed by atoms with Crippen LogP contribution in [-0.2, 0) is 20.7 Å². The molecule has 0 saturated carbocycles. The van der Waals surface area contributed by atoms with Crippen LogP contribution in [0.2, 0.25) is 0 Å².